The monoisotopic (exact) mass is 547 g/mol. The second-order valence-corrected chi connectivity index (χ2v) is 12.2. The summed E-state index contributed by atoms with van der Waals surface area (Å²) in [5.41, 5.74) is 4.96. The molecule has 3 aromatic rings. The highest BCUT2D eigenvalue weighted by Crippen LogP contribution is 2.40. The van der Waals surface area contributed by atoms with Gasteiger partial charge in [-0.1, -0.05) is 49.4 Å². The number of nitrogens with zero attached hydrogens (tertiary/aromatic N) is 5. The summed E-state index contributed by atoms with van der Waals surface area (Å²) in [7, 11) is 1.97. The van der Waals surface area contributed by atoms with Crippen molar-refractivity contribution in [3.8, 4) is 21.3 Å². The molecule has 1 N–H and O–H groups in total. The second kappa shape index (κ2) is 10.1. The van der Waals surface area contributed by atoms with Crippen LogP contribution in [-0.2, 0) is 31.1 Å². The van der Waals surface area contributed by atoms with Crippen LogP contribution in [0.5, 0.6) is 0 Å². The summed E-state index contributed by atoms with van der Waals surface area (Å²) in [5, 5.41) is 24.1. The lowest BCUT2D eigenvalue weighted by Crippen LogP contribution is -2.50. The molecule has 0 saturated carbocycles. The summed E-state index contributed by atoms with van der Waals surface area (Å²) in [6.07, 6.45) is -1.12. The maximum absolute atomic E-state index is 13.9. The maximum Gasteiger partial charge on any atom is 0.404 e. The minimum atomic E-state index is -4.40. The number of hydrogen-bond acceptors (Lipinski definition) is 6. The maximum atomic E-state index is 13.9. The number of benzene rings is 1. The molecule has 7 nitrogen and oxygen atoms in total. The highest BCUT2D eigenvalue weighted by molar-refractivity contribution is 7.17. The summed E-state index contributed by atoms with van der Waals surface area (Å²) in [5.74, 6) is -1.50. The highest BCUT2D eigenvalue weighted by Gasteiger charge is 2.44. The quantitative estimate of drug-likeness (QED) is 0.446. The van der Waals surface area contributed by atoms with Crippen LogP contribution < -0.4 is 0 Å². The van der Waals surface area contributed by atoms with Gasteiger partial charge in [0.2, 0.25) is 0 Å². The lowest BCUT2D eigenvalue weighted by Gasteiger charge is -2.37. The predicted molar refractivity (Wildman–Crippen MR) is 139 cm³/mol. The number of alkyl halides is 3. The lowest BCUT2D eigenvalue weighted by atomic mass is 9.76. The number of halogens is 3. The third-order valence-corrected chi connectivity index (χ3v) is 8.91. The van der Waals surface area contributed by atoms with Crippen LogP contribution in [0, 0.1) is 11.3 Å². The van der Waals surface area contributed by atoms with E-state index in [1.807, 2.05) is 11.7 Å². The van der Waals surface area contributed by atoms with Gasteiger partial charge >= 0.3 is 12.1 Å². The highest BCUT2D eigenvalue weighted by atomic mass is 32.1. The molecule has 1 aliphatic carbocycles. The average molecular weight is 548 g/mol. The van der Waals surface area contributed by atoms with Crippen LogP contribution in [0.15, 0.2) is 24.3 Å². The predicted octanol–water partition coefficient (Wildman–Crippen LogP) is 5.39. The number of carboxylic acid groups (broad SMARTS) is 1. The first-order valence-corrected chi connectivity index (χ1v) is 13.7. The molecule has 1 aliphatic heterocycles. The standard InChI is InChI=1S/C27H32F3N5O2S/c1-26(2)11-8-19-20(15-26)34(3)33-22(19)24-32-31-23(38-24)17-6-4-16(5-7-17)14-21(27(28,29)30)35-12-9-18(10-13-35)25(36)37/h4-7,18,21H,8-15H2,1-3H3,(H,36,37). The summed E-state index contributed by atoms with van der Waals surface area (Å²) in [4.78, 5) is 12.6. The van der Waals surface area contributed by atoms with E-state index in [0.717, 1.165) is 35.5 Å². The Morgan fingerprint density at radius 1 is 1.16 bits per heavy atom. The van der Waals surface area contributed by atoms with Crippen molar-refractivity contribution in [1.82, 2.24) is 24.9 Å². The number of hydrogen-bond donors (Lipinski definition) is 1. The fourth-order valence-electron chi connectivity index (χ4n) is 5.62. The van der Waals surface area contributed by atoms with E-state index in [2.05, 4.69) is 24.0 Å². The number of aromatic nitrogens is 4. The van der Waals surface area contributed by atoms with Gasteiger partial charge in [0.1, 0.15) is 16.7 Å². The number of aryl methyl sites for hydroxylation is 1. The molecule has 0 spiro atoms. The van der Waals surface area contributed by atoms with Gasteiger partial charge in [0, 0.05) is 23.9 Å². The SMILES string of the molecule is Cn1nc(-c2nnc(-c3ccc(CC(N4CCC(C(=O)O)CC4)C(F)(F)F)cc3)s2)c2c1CC(C)(C)CC2. The van der Waals surface area contributed by atoms with Crippen molar-refractivity contribution in [3.05, 3.63) is 41.1 Å². The zero-order chi connectivity index (χ0) is 27.2. The van der Waals surface area contributed by atoms with Crippen LogP contribution in [-0.4, -0.2) is 61.3 Å². The van der Waals surface area contributed by atoms with E-state index in [-0.39, 0.29) is 37.8 Å². The zero-order valence-corrected chi connectivity index (χ0v) is 22.6. The van der Waals surface area contributed by atoms with Crippen molar-refractivity contribution in [1.29, 1.82) is 0 Å². The Morgan fingerprint density at radius 3 is 2.45 bits per heavy atom. The number of fused-ring (bicyclic) bond motifs is 1. The van der Waals surface area contributed by atoms with Gasteiger partial charge in [0.15, 0.2) is 5.01 Å². The molecule has 2 aliphatic rings. The van der Waals surface area contributed by atoms with E-state index in [1.54, 1.807) is 24.3 Å². The minimum Gasteiger partial charge on any atom is -0.481 e. The van der Waals surface area contributed by atoms with Gasteiger partial charge in [-0.2, -0.15) is 18.3 Å². The van der Waals surface area contributed by atoms with E-state index in [4.69, 9.17) is 10.2 Å². The Bertz CT molecular complexity index is 1310. The number of aliphatic carboxylic acids is 1. The number of likely N-dealkylation sites (tertiary alicyclic amines) is 1. The van der Waals surface area contributed by atoms with Crippen molar-refractivity contribution in [3.63, 3.8) is 0 Å². The number of rotatable bonds is 6. The average Bonchev–Trinajstić information content (AvgIpc) is 3.46. The van der Waals surface area contributed by atoms with Gasteiger partial charge in [0.25, 0.3) is 0 Å². The summed E-state index contributed by atoms with van der Waals surface area (Å²) in [6.45, 7) is 4.80. The van der Waals surface area contributed by atoms with Crippen LogP contribution in [0.4, 0.5) is 13.2 Å². The van der Waals surface area contributed by atoms with Crippen LogP contribution in [0.3, 0.4) is 0 Å². The van der Waals surface area contributed by atoms with Crippen molar-refractivity contribution in [2.75, 3.05) is 13.1 Å². The molecule has 11 heteroatoms. The van der Waals surface area contributed by atoms with Crippen molar-refractivity contribution in [2.45, 2.75) is 64.6 Å². The van der Waals surface area contributed by atoms with Gasteiger partial charge < -0.3 is 5.11 Å². The fourth-order valence-corrected chi connectivity index (χ4v) is 6.48. The van der Waals surface area contributed by atoms with Gasteiger partial charge in [-0.3, -0.25) is 14.4 Å². The lowest BCUT2D eigenvalue weighted by molar-refractivity contribution is -0.187. The molecule has 204 valence electrons. The smallest absolute Gasteiger partial charge is 0.404 e. The van der Waals surface area contributed by atoms with Gasteiger partial charge in [-0.15, -0.1) is 10.2 Å². The minimum absolute atomic E-state index is 0.126. The summed E-state index contributed by atoms with van der Waals surface area (Å²) >= 11 is 1.44. The Labute approximate surface area is 223 Å². The third-order valence-electron chi connectivity index (χ3n) is 7.93. The summed E-state index contributed by atoms with van der Waals surface area (Å²) < 4.78 is 43.8. The fraction of sp³-hybridized carbons (Fsp3) is 0.556. The molecule has 1 atom stereocenters. The molecule has 0 amide bonds. The molecule has 2 aromatic heterocycles. The van der Waals surface area contributed by atoms with Crippen molar-refractivity contribution in [2.24, 2.45) is 18.4 Å². The van der Waals surface area contributed by atoms with Crippen LogP contribution in [0.1, 0.15) is 49.9 Å². The van der Waals surface area contributed by atoms with Gasteiger partial charge in [0.05, 0.1) is 5.92 Å². The Kier molecular flexibility index (Phi) is 7.10. The van der Waals surface area contributed by atoms with Crippen LogP contribution in [0.2, 0.25) is 0 Å². The molecule has 38 heavy (non-hydrogen) atoms. The summed E-state index contributed by atoms with van der Waals surface area (Å²) in [6, 6.07) is 5.37. The number of piperidine rings is 1. The molecule has 1 fully saturated rings. The van der Waals surface area contributed by atoms with Crippen LogP contribution in [0.25, 0.3) is 21.3 Å². The van der Waals surface area contributed by atoms with Crippen molar-refractivity contribution >= 4 is 17.3 Å². The number of carboxylic acids is 1. The topological polar surface area (TPSA) is 84.1 Å². The van der Waals surface area contributed by atoms with Gasteiger partial charge in [-0.05, 0) is 62.6 Å². The molecule has 0 radical (unpaired) electrons. The largest absolute Gasteiger partial charge is 0.481 e. The van der Waals surface area contributed by atoms with E-state index in [0.29, 0.717) is 10.6 Å². The van der Waals surface area contributed by atoms with E-state index in [9.17, 15) is 18.0 Å². The third kappa shape index (κ3) is 5.49. The molecule has 5 rings (SSSR count). The van der Waals surface area contributed by atoms with E-state index >= 15 is 0 Å². The molecular weight excluding hydrogens is 515 g/mol. The Morgan fingerprint density at radius 2 is 1.82 bits per heavy atom. The van der Waals surface area contributed by atoms with Crippen molar-refractivity contribution < 1.29 is 23.1 Å². The first-order chi connectivity index (χ1) is 17.9. The zero-order valence-electron chi connectivity index (χ0n) is 21.8. The molecule has 1 saturated heterocycles. The van der Waals surface area contributed by atoms with Crippen LogP contribution >= 0.6 is 11.3 Å². The van der Waals surface area contributed by atoms with Gasteiger partial charge in [-0.25, -0.2) is 0 Å². The van der Waals surface area contributed by atoms with E-state index < -0.39 is 24.1 Å². The first kappa shape index (κ1) is 26.8. The normalized spacial score (nSPS) is 19.3. The number of carbonyl (C=O) groups is 1. The Balaban J connectivity index is 1.30. The second-order valence-electron chi connectivity index (χ2n) is 11.3. The van der Waals surface area contributed by atoms with E-state index in [1.165, 1.54) is 27.5 Å². The molecule has 3 heterocycles. The molecule has 0 bridgehead atoms. The Hall–Kier alpha value is -2.79. The molecule has 1 unspecified atom stereocenters. The molecule has 1 aromatic carbocycles. The first-order valence-electron chi connectivity index (χ1n) is 12.9. The molecular formula is C27H32F3N5O2S.